The van der Waals surface area contributed by atoms with Gasteiger partial charge in [0.05, 0.1) is 12.0 Å². The van der Waals surface area contributed by atoms with E-state index in [0.29, 0.717) is 11.3 Å². The average Bonchev–Trinajstić information content (AvgIpc) is 2.36. The van der Waals surface area contributed by atoms with Crippen LogP contribution in [-0.4, -0.2) is 5.91 Å². The third kappa shape index (κ3) is 4.35. The normalized spacial score (nSPS) is 11.3. The lowest BCUT2D eigenvalue weighted by atomic mass is 10.1. The largest absolute Gasteiger partial charge is 0.416 e. The minimum absolute atomic E-state index is 0.0329. The van der Waals surface area contributed by atoms with E-state index in [1.165, 1.54) is 12.1 Å². The molecular formula is C17H16F3NO. The van der Waals surface area contributed by atoms with Gasteiger partial charge in [-0.25, -0.2) is 0 Å². The lowest BCUT2D eigenvalue weighted by molar-refractivity contribution is -0.137. The van der Waals surface area contributed by atoms with Crippen LogP contribution in [0.15, 0.2) is 42.5 Å². The molecule has 0 spiro atoms. The van der Waals surface area contributed by atoms with Crippen molar-refractivity contribution in [2.24, 2.45) is 0 Å². The Kier molecular flexibility index (Phi) is 4.54. The lowest BCUT2D eigenvalue weighted by Crippen LogP contribution is -2.14. The highest BCUT2D eigenvalue weighted by Crippen LogP contribution is 2.29. The molecule has 2 rings (SSSR count). The maximum absolute atomic E-state index is 12.5. The third-order valence-electron chi connectivity index (χ3n) is 3.15. The highest BCUT2D eigenvalue weighted by molar-refractivity contribution is 5.92. The van der Waals surface area contributed by atoms with Gasteiger partial charge in [-0.3, -0.25) is 4.79 Å². The summed E-state index contributed by atoms with van der Waals surface area (Å²) in [5.74, 6) is -0.259. The second kappa shape index (κ2) is 6.22. The number of anilines is 1. The number of benzene rings is 2. The van der Waals surface area contributed by atoms with E-state index in [4.69, 9.17) is 0 Å². The van der Waals surface area contributed by atoms with Gasteiger partial charge < -0.3 is 5.32 Å². The Labute approximate surface area is 127 Å². The molecule has 0 aromatic heterocycles. The van der Waals surface area contributed by atoms with E-state index in [0.717, 1.165) is 23.3 Å². The van der Waals surface area contributed by atoms with Crippen LogP contribution in [-0.2, 0) is 17.4 Å². The number of hydrogen-bond donors (Lipinski definition) is 1. The van der Waals surface area contributed by atoms with Crippen LogP contribution in [0.3, 0.4) is 0 Å². The van der Waals surface area contributed by atoms with E-state index in [9.17, 15) is 18.0 Å². The summed E-state index contributed by atoms with van der Waals surface area (Å²) in [6.45, 7) is 3.86. The Hall–Kier alpha value is -2.30. The van der Waals surface area contributed by atoms with E-state index in [-0.39, 0.29) is 12.3 Å². The molecule has 2 aromatic carbocycles. The number of amides is 1. The Bertz CT molecular complexity index is 655. The van der Waals surface area contributed by atoms with Crippen LogP contribution in [0.1, 0.15) is 22.3 Å². The van der Waals surface area contributed by atoms with Crippen LogP contribution in [0.25, 0.3) is 0 Å². The molecule has 0 radical (unpaired) electrons. The first-order valence-electron chi connectivity index (χ1n) is 6.78. The van der Waals surface area contributed by atoms with Crippen molar-refractivity contribution in [2.75, 3.05) is 5.32 Å². The molecule has 0 bridgehead atoms. The van der Waals surface area contributed by atoms with Gasteiger partial charge in [0.25, 0.3) is 0 Å². The summed E-state index contributed by atoms with van der Waals surface area (Å²) >= 11 is 0. The SMILES string of the molecule is Cc1cc(C)cc(NC(=O)Cc2ccc(C(F)(F)F)cc2)c1. The minimum Gasteiger partial charge on any atom is -0.326 e. The third-order valence-corrected chi connectivity index (χ3v) is 3.15. The van der Waals surface area contributed by atoms with Gasteiger partial charge in [0.1, 0.15) is 0 Å². The zero-order valence-corrected chi connectivity index (χ0v) is 12.3. The Balaban J connectivity index is 2.03. The van der Waals surface area contributed by atoms with E-state index >= 15 is 0 Å². The van der Waals surface area contributed by atoms with Crippen molar-refractivity contribution in [3.8, 4) is 0 Å². The number of carbonyl (C=O) groups is 1. The van der Waals surface area contributed by atoms with Crippen molar-refractivity contribution in [2.45, 2.75) is 26.4 Å². The maximum Gasteiger partial charge on any atom is 0.416 e. The number of hydrogen-bond acceptors (Lipinski definition) is 1. The van der Waals surface area contributed by atoms with E-state index in [1.807, 2.05) is 32.0 Å². The summed E-state index contributed by atoms with van der Waals surface area (Å²) in [4.78, 5) is 12.0. The molecule has 5 heteroatoms. The van der Waals surface area contributed by atoms with Crippen LogP contribution in [0, 0.1) is 13.8 Å². The fourth-order valence-corrected chi connectivity index (χ4v) is 2.25. The molecule has 0 heterocycles. The maximum atomic E-state index is 12.5. The minimum atomic E-state index is -4.36. The second-order valence-corrected chi connectivity index (χ2v) is 5.30. The van der Waals surface area contributed by atoms with Crippen LogP contribution in [0.4, 0.5) is 18.9 Å². The van der Waals surface area contributed by atoms with Gasteiger partial charge in [-0.1, -0.05) is 18.2 Å². The van der Waals surface area contributed by atoms with Crippen LogP contribution in [0.2, 0.25) is 0 Å². The van der Waals surface area contributed by atoms with Gasteiger partial charge in [-0.05, 0) is 54.8 Å². The predicted molar refractivity (Wildman–Crippen MR) is 79.7 cm³/mol. The van der Waals surface area contributed by atoms with Gasteiger partial charge in [0.2, 0.25) is 5.91 Å². The summed E-state index contributed by atoms with van der Waals surface area (Å²) in [6, 6.07) is 10.3. The topological polar surface area (TPSA) is 29.1 Å². The summed E-state index contributed by atoms with van der Waals surface area (Å²) in [5.41, 5.74) is 2.57. The summed E-state index contributed by atoms with van der Waals surface area (Å²) in [7, 11) is 0. The Morgan fingerprint density at radius 2 is 1.55 bits per heavy atom. The second-order valence-electron chi connectivity index (χ2n) is 5.30. The van der Waals surface area contributed by atoms with Gasteiger partial charge in [-0.2, -0.15) is 13.2 Å². The van der Waals surface area contributed by atoms with Crippen molar-refractivity contribution >= 4 is 11.6 Å². The van der Waals surface area contributed by atoms with Gasteiger partial charge in [0, 0.05) is 5.69 Å². The van der Waals surface area contributed by atoms with Crippen molar-refractivity contribution < 1.29 is 18.0 Å². The smallest absolute Gasteiger partial charge is 0.326 e. The highest BCUT2D eigenvalue weighted by atomic mass is 19.4. The molecule has 1 amide bonds. The number of aryl methyl sites for hydroxylation is 2. The molecule has 1 N–H and O–H groups in total. The van der Waals surface area contributed by atoms with Gasteiger partial charge in [0.15, 0.2) is 0 Å². The molecule has 0 fully saturated rings. The van der Waals surface area contributed by atoms with Crippen molar-refractivity contribution in [3.05, 3.63) is 64.7 Å². The Morgan fingerprint density at radius 1 is 1.00 bits per heavy atom. The standard InChI is InChI=1S/C17H16F3NO/c1-11-7-12(2)9-15(8-11)21-16(22)10-13-3-5-14(6-4-13)17(18,19)20/h3-9H,10H2,1-2H3,(H,21,22). The first kappa shape index (κ1) is 16.1. The zero-order chi connectivity index (χ0) is 16.3. The van der Waals surface area contributed by atoms with E-state index < -0.39 is 11.7 Å². The van der Waals surface area contributed by atoms with Crippen molar-refractivity contribution in [3.63, 3.8) is 0 Å². The fourth-order valence-electron chi connectivity index (χ4n) is 2.25. The molecule has 2 nitrogen and oxygen atoms in total. The molecule has 0 aliphatic carbocycles. The molecule has 0 saturated heterocycles. The molecule has 2 aromatic rings. The predicted octanol–water partition coefficient (Wildman–Crippen LogP) is 4.50. The first-order valence-corrected chi connectivity index (χ1v) is 6.78. The molecule has 116 valence electrons. The fraction of sp³-hybridized carbons (Fsp3) is 0.235. The van der Waals surface area contributed by atoms with Crippen LogP contribution >= 0.6 is 0 Å². The zero-order valence-electron chi connectivity index (χ0n) is 12.3. The number of carbonyl (C=O) groups excluding carboxylic acids is 1. The highest BCUT2D eigenvalue weighted by Gasteiger charge is 2.29. The summed E-state index contributed by atoms with van der Waals surface area (Å²) < 4.78 is 37.4. The molecule has 0 aliphatic heterocycles. The number of alkyl halides is 3. The van der Waals surface area contributed by atoms with Gasteiger partial charge in [-0.15, -0.1) is 0 Å². The number of nitrogens with one attached hydrogen (secondary N) is 1. The lowest BCUT2D eigenvalue weighted by Gasteiger charge is -2.09. The molecule has 22 heavy (non-hydrogen) atoms. The summed E-state index contributed by atoms with van der Waals surface area (Å²) in [5, 5.41) is 2.76. The van der Waals surface area contributed by atoms with E-state index in [1.54, 1.807) is 0 Å². The number of halogens is 3. The monoisotopic (exact) mass is 307 g/mol. The van der Waals surface area contributed by atoms with Crippen molar-refractivity contribution in [1.29, 1.82) is 0 Å². The van der Waals surface area contributed by atoms with Crippen molar-refractivity contribution in [1.82, 2.24) is 0 Å². The average molecular weight is 307 g/mol. The molecule has 0 unspecified atom stereocenters. The molecular weight excluding hydrogens is 291 g/mol. The summed E-state index contributed by atoms with van der Waals surface area (Å²) in [6.07, 6.45) is -4.33. The molecule has 0 aliphatic rings. The Morgan fingerprint density at radius 3 is 2.05 bits per heavy atom. The first-order chi connectivity index (χ1) is 10.2. The molecule has 0 saturated carbocycles. The quantitative estimate of drug-likeness (QED) is 0.888. The van der Waals surface area contributed by atoms with Gasteiger partial charge >= 0.3 is 6.18 Å². The molecule has 0 atom stereocenters. The van der Waals surface area contributed by atoms with Crippen LogP contribution < -0.4 is 5.32 Å². The van der Waals surface area contributed by atoms with Crippen LogP contribution in [0.5, 0.6) is 0 Å². The van der Waals surface area contributed by atoms with E-state index in [2.05, 4.69) is 5.32 Å². The number of rotatable bonds is 3.